The molecule has 1 atom stereocenters. The van der Waals surface area contributed by atoms with E-state index in [1.165, 1.54) is 0 Å². The summed E-state index contributed by atoms with van der Waals surface area (Å²) in [4.78, 5) is 4.35. The molecule has 0 amide bonds. The van der Waals surface area contributed by atoms with E-state index in [4.69, 9.17) is 0 Å². The van der Waals surface area contributed by atoms with Crippen LogP contribution in [0.1, 0.15) is 53.4 Å². The van der Waals surface area contributed by atoms with Crippen molar-refractivity contribution in [2.45, 2.75) is 65.3 Å². The van der Waals surface area contributed by atoms with E-state index in [1.54, 1.807) is 0 Å². The van der Waals surface area contributed by atoms with Crippen LogP contribution in [0.2, 0.25) is 0 Å². The van der Waals surface area contributed by atoms with Gasteiger partial charge >= 0.3 is 0 Å². The van der Waals surface area contributed by atoms with Crippen LogP contribution in [0.15, 0.2) is 0 Å². The summed E-state index contributed by atoms with van der Waals surface area (Å²) in [6.45, 7) is 11.0. The number of hydrogen-bond donors (Lipinski definition) is 0. The Balaban J connectivity index is 0.00000106. The van der Waals surface area contributed by atoms with Crippen molar-refractivity contribution < 1.29 is 8.78 Å². The van der Waals surface area contributed by atoms with E-state index in [2.05, 4.69) is 16.8 Å². The van der Waals surface area contributed by atoms with Crippen LogP contribution < -0.4 is 0 Å². The highest BCUT2D eigenvalue weighted by molar-refractivity contribution is 4.91. The van der Waals surface area contributed by atoms with Crippen molar-refractivity contribution in [1.29, 1.82) is 0 Å². The second kappa shape index (κ2) is 8.42. The predicted octanol–water partition coefficient (Wildman–Crippen LogP) is 4.11. The van der Waals surface area contributed by atoms with Crippen molar-refractivity contribution in [2.24, 2.45) is 11.8 Å². The Hall–Kier alpha value is -0.220. The predicted molar refractivity (Wildman–Crippen MR) is 85.9 cm³/mol. The molecule has 2 rings (SSSR count). The van der Waals surface area contributed by atoms with Gasteiger partial charge in [-0.2, -0.15) is 0 Å². The summed E-state index contributed by atoms with van der Waals surface area (Å²) < 4.78 is 28.5. The van der Waals surface area contributed by atoms with E-state index in [0.717, 1.165) is 32.5 Å². The van der Waals surface area contributed by atoms with Crippen LogP contribution >= 0.6 is 0 Å². The number of halogens is 2. The molecule has 4 heteroatoms. The van der Waals surface area contributed by atoms with E-state index in [-0.39, 0.29) is 6.54 Å². The third-order valence-electron chi connectivity index (χ3n) is 4.74. The molecular weight excluding hydrogens is 270 g/mol. The van der Waals surface area contributed by atoms with Gasteiger partial charge in [-0.05, 0) is 58.3 Å². The van der Waals surface area contributed by atoms with Crippen molar-refractivity contribution in [1.82, 2.24) is 9.80 Å². The van der Waals surface area contributed by atoms with Crippen LogP contribution in [0.3, 0.4) is 0 Å². The second-order valence-corrected chi connectivity index (χ2v) is 6.88. The Bertz CT molecular complexity index is 287. The molecule has 2 aliphatic rings. The topological polar surface area (TPSA) is 6.48 Å². The molecular formula is C17H34F2N2. The average molecular weight is 304 g/mol. The van der Waals surface area contributed by atoms with Crippen LogP contribution in [0, 0.1) is 11.8 Å². The van der Waals surface area contributed by atoms with Gasteiger partial charge in [0.15, 0.2) is 0 Å². The fourth-order valence-electron chi connectivity index (χ4n) is 3.54. The van der Waals surface area contributed by atoms with Gasteiger partial charge < -0.3 is 4.90 Å². The zero-order valence-electron chi connectivity index (χ0n) is 14.5. The molecule has 2 nitrogen and oxygen atoms in total. The van der Waals surface area contributed by atoms with E-state index < -0.39 is 11.8 Å². The van der Waals surface area contributed by atoms with Crippen LogP contribution in [-0.2, 0) is 0 Å². The van der Waals surface area contributed by atoms with Gasteiger partial charge in [0.25, 0.3) is 5.92 Å². The lowest BCUT2D eigenvalue weighted by Crippen LogP contribution is -2.54. The van der Waals surface area contributed by atoms with Crippen LogP contribution in [-0.4, -0.2) is 55.0 Å². The first-order chi connectivity index (χ1) is 9.88. The van der Waals surface area contributed by atoms with Crippen LogP contribution in [0.4, 0.5) is 8.78 Å². The molecule has 2 aliphatic heterocycles. The number of hydrogen-bond acceptors (Lipinski definition) is 2. The van der Waals surface area contributed by atoms with Crippen molar-refractivity contribution in [3.63, 3.8) is 0 Å². The van der Waals surface area contributed by atoms with Gasteiger partial charge in [0.2, 0.25) is 0 Å². The van der Waals surface area contributed by atoms with E-state index in [9.17, 15) is 8.78 Å². The molecule has 0 bridgehead atoms. The summed E-state index contributed by atoms with van der Waals surface area (Å²) in [6, 6.07) is 0.377. The lowest BCUT2D eigenvalue weighted by molar-refractivity contribution is -0.127. The summed E-state index contributed by atoms with van der Waals surface area (Å²) >= 11 is 0. The first kappa shape index (κ1) is 18.8. The molecule has 126 valence electrons. The minimum absolute atomic E-state index is 0.0151. The highest BCUT2D eigenvalue weighted by Crippen LogP contribution is 2.38. The maximum atomic E-state index is 14.3. The minimum Gasteiger partial charge on any atom is -0.306 e. The van der Waals surface area contributed by atoms with Gasteiger partial charge in [-0.15, -0.1) is 0 Å². The number of alkyl halides is 2. The maximum Gasteiger partial charge on any atom is 0.263 e. The molecule has 0 radical (unpaired) electrons. The second-order valence-electron chi connectivity index (χ2n) is 6.88. The zero-order valence-corrected chi connectivity index (χ0v) is 14.5. The monoisotopic (exact) mass is 304 g/mol. The normalized spacial score (nSPS) is 28.3. The quantitative estimate of drug-likeness (QED) is 0.774. The lowest BCUT2D eigenvalue weighted by Gasteiger charge is -2.44. The van der Waals surface area contributed by atoms with Crippen molar-refractivity contribution in [3.05, 3.63) is 0 Å². The highest BCUT2D eigenvalue weighted by Gasteiger charge is 2.45. The van der Waals surface area contributed by atoms with Gasteiger partial charge in [-0.25, -0.2) is 8.78 Å². The molecule has 2 saturated heterocycles. The zero-order chi connectivity index (χ0) is 16.0. The molecule has 0 aliphatic carbocycles. The van der Waals surface area contributed by atoms with Crippen molar-refractivity contribution in [3.8, 4) is 0 Å². The molecule has 2 fully saturated rings. The van der Waals surface area contributed by atoms with Gasteiger partial charge in [0.05, 0.1) is 6.54 Å². The highest BCUT2D eigenvalue weighted by atomic mass is 19.3. The molecule has 21 heavy (non-hydrogen) atoms. The van der Waals surface area contributed by atoms with Crippen LogP contribution in [0.5, 0.6) is 0 Å². The molecule has 0 spiro atoms. The molecule has 0 aromatic carbocycles. The fourth-order valence-corrected chi connectivity index (χ4v) is 3.54. The van der Waals surface area contributed by atoms with Gasteiger partial charge in [0, 0.05) is 12.0 Å². The van der Waals surface area contributed by atoms with Crippen molar-refractivity contribution >= 4 is 0 Å². The Morgan fingerprint density at radius 3 is 2.10 bits per heavy atom. The smallest absolute Gasteiger partial charge is 0.263 e. The summed E-state index contributed by atoms with van der Waals surface area (Å²) in [6.07, 6.45) is 3.41. The molecule has 0 aromatic heterocycles. The van der Waals surface area contributed by atoms with Gasteiger partial charge in [0.1, 0.15) is 0 Å². The average Bonchev–Trinajstić information content (AvgIpc) is 2.43. The summed E-state index contributed by atoms with van der Waals surface area (Å²) in [5.41, 5.74) is 0. The minimum atomic E-state index is -2.49. The molecule has 2 heterocycles. The van der Waals surface area contributed by atoms with E-state index in [1.807, 2.05) is 27.7 Å². The Kier molecular flexibility index (Phi) is 7.55. The summed E-state index contributed by atoms with van der Waals surface area (Å²) in [7, 11) is 2.11. The first-order valence-electron chi connectivity index (χ1n) is 8.69. The largest absolute Gasteiger partial charge is 0.306 e. The molecule has 1 unspecified atom stereocenters. The number of nitrogens with zero attached hydrogens (tertiary/aromatic N) is 2. The van der Waals surface area contributed by atoms with E-state index in [0.29, 0.717) is 24.8 Å². The van der Waals surface area contributed by atoms with E-state index >= 15 is 0 Å². The molecule has 0 saturated carbocycles. The molecule has 0 aromatic rings. The number of piperidine rings is 2. The van der Waals surface area contributed by atoms with Gasteiger partial charge in [-0.1, -0.05) is 27.7 Å². The lowest BCUT2D eigenvalue weighted by atomic mass is 9.84. The maximum absolute atomic E-state index is 14.3. The first-order valence-corrected chi connectivity index (χ1v) is 8.69. The standard InChI is InChI=1S/C15H28F2N2.C2H6/c1-12(2)10-13-4-9-19(11-15(13,16)17)14-5-7-18(3)8-6-14;1-2/h12-14H,4-11H2,1-3H3;1-2H3. The van der Waals surface area contributed by atoms with Crippen LogP contribution in [0.25, 0.3) is 0 Å². The summed E-state index contributed by atoms with van der Waals surface area (Å²) in [5, 5.41) is 0. The third-order valence-corrected chi connectivity index (χ3v) is 4.74. The Morgan fingerprint density at radius 2 is 1.62 bits per heavy atom. The van der Waals surface area contributed by atoms with Gasteiger partial charge in [-0.3, -0.25) is 4.90 Å². The fraction of sp³-hybridized carbons (Fsp3) is 1.00. The Labute approximate surface area is 129 Å². The molecule has 0 N–H and O–H groups in total. The number of rotatable bonds is 3. The summed E-state index contributed by atoms with van der Waals surface area (Å²) in [5.74, 6) is -2.54. The number of likely N-dealkylation sites (tertiary alicyclic amines) is 2. The van der Waals surface area contributed by atoms with Crippen molar-refractivity contribution in [2.75, 3.05) is 33.2 Å². The Morgan fingerprint density at radius 1 is 1.05 bits per heavy atom. The third kappa shape index (κ3) is 5.48. The SMILES string of the molecule is CC.CC(C)CC1CCN(C2CCN(C)CC2)CC1(F)F.